The Hall–Kier alpha value is -2.88. The molecule has 0 radical (unpaired) electrons. The molecule has 5 rings (SSSR count). The molecule has 2 fully saturated rings. The Bertz CT molecular complexity index is 1080. The van der Waals surface area contributed by atoms with Gasteiger partial charge in [-0.25, -0.2) is 0 Å². The summed E-state index contributed by atoms with van der Waals surface area (Å²) in [4.78, 5) is 29.2. The van der Waals surface area contributed by atoms with Crippen LogP contribution in [0, 0.1) is 0 Å². The summed E-state index contributed by atoms with van der Waals surface area (Å²) in [5.74, 6) is 1.54. The molecule has 2 aromatic rings. The lowest BCUT2D eigenvalue weighted by Crippen LogP contribution is -2.53. The highest BCUT2D eigenvalue weighted by Crippen LogP contribution is 2.45. The number of carbonyl (C=O) groups is 2. The average molecular weight is 478 g/mol. The number of benzene rings is 2. The molecule has 6 nitrogen and oxygen atoms in total. The fourth-order valence-corrected chi connectivity index (χ4v) is 5.99. The van der Waals surface area contributed by atoms with Gasteiger partial charge >= 0.3 is 6.18 Å². The lowest BCUT2D eigenvalue weighted by atomic mass is 9.99. The highest BCUT2D eigenvalue weighted by Gasteiger charge is 2.47. The van der Waals surface area contributed by atoms with Crippen molar-refractivity contribution in [2.45, 2.75) is 23.9 Å². The average Bonchev–Trinajstić information content (AvgIpc) is 3.45. The number of hydrogen-bond donors (Lipinski definition) is 0. The molecular formula is C23H21F3N2O4S. The molecule has 2 aromatic carbocycles. The Morgan fingerprint density at radius 3 is 2.24 bits per heavy atom. The minimum Gasteiger partial charge on any atom is -0.454 e. The van der Waals surface area contributed by atoms with Crippen molar-refractivity contribution in [3.8, 4) is 11.5 Å². The first kappa shape index (κ1) is 21.9. The van der Waals surface area contributed by atoms with E-state index in [4.69, 9.17) is 9.47 Å². The molecule has 10 heteroatoms. The van der Waals surface area contributed by atoms with Crippen LogP contribution in [0.25, 0.3) is 0 Å². The number of hydrogen-bond acceptors (Lipinski definition) is 5. The number of thioether (sulfide) groups is 1. The number of nitrogens with zero attached hydrogens (tertiary/aromatic N) is 2. The van der Waals surface area contributed by atoms with Crippen molar-refractivity contribution >= 4 is 23.6 Å². The Morgan fingerprint density at radius 1 is 0.879 bits per heavy atom. The van der Waals surface area contributed by atoms with Gasteiger partial charge in [0.1, 0.15) is 0 Å². The molecule has 1 spiro atoms. The smallest absolute Gasteiger partial charge is 0.416 e. The molecular weight excluding hydrogens is 457 g/mol. The first-order chi connectivity index (χ1) is 15.8. The Labute approximate surface area is 192 Å². The lowest BCUT2D eigenvalue weighted by Gasteiger charge is -2.44. The van der Waals surface area contributed by atoms with E-state index in [0.717, 1.165) is 17.9 Å². The zero-order valence-corrected chi connectivity index (χ0v) is 18.4. The van der Waals surface area contributed by atoms with E-state index in [-0.39, 0.29) is 24.2 Å². The number of alkyl halides is 3. The van der Waals surface area contributed by atoms with Crippen LogP contribution in [0.1, 0.15) is 39.1 Å². The Morgan fingerprint density at radius 2 is 1.55 bits per heavy atom. The number of halogens is 3. The predicted molar refractivity (Wildman–Crippen MR) is 115 cm³/mol. The number of likely N-dealkylation sites (tertiary alicyclic amines) is 1. The van der Waals surface area contributed by atoms with Crippen LogP contribution in [0.3, 0.4) is 0 Å². The van der Waals surface area contributed by atoms with E-state index in [1.165, 1.54) is 12.1 Å². The third kappa shape index (κ3) is 4.01. The Kier molecular flexibility index (Phi) is 5.43. The molecule has 174 valence electrons. The van der Waals surface area contributed by atoms with Gasteiger partial charge in [-0.05, 0) is 55.3 Å². The van der Waals surface area contributed by atoms with Gasteiger partial charge in [-0.1, -0.05) is 0 Å². The van der Waals surface area contributed by atoms with Crippen LogP contribution in [0.5, 0.6) is 11.5 Å². The van der Waals surface area contributed by atoms with Crippen molar-refractivity contribution in [1.82, 2.24) is 9.80 Å². The molecule has 0 bridgehead atoms. The fraction of sp³-hybridized carbons (Fsp3) is 0.391. The van der Waals surface area contributed by atoms with Crippen molar-refractivity contribution in [3.63, 3.8) is 0 Å². The minimum atomic E-state index is -4.44. The summed E-state index contributed by atoms with van der Waals surface area (Å²) in [7, 11) is 0. The second kappa shape index (κ2) is 8.16. The number of amides is 2. The van der Waals surface area contributed by atoms with Gasteiger partial charge in [-0.3, -0.25) is 9.59 Å². The minimum absolute atomic E-state index is 0.105. The van der Waals surface area contributed by atoms with Gasteiger partial charge in [0.2, 0.25) is 6.79 Å². The summed E-state index contributed by atoms with van der Waals surface area (Å²) < 4.78 is 49.2. The summed E-state index contributed by atoms with van der Waals surface area (Å²) in [6.07, 6.45) is -3.25. The quantitative estimate of drug-likeness (QED) is 0.646. The monoisotopic (exact) mass is 478 g/mol. The van der Waals surface area contributed by atoms with Gasteiger partial charge in [0.25, 0.3) is 11.8 Å². The summed E-state index contributed by atoms with van der Waals surface area (Å²) in [5.41, 5.74) is -0.0180. The van der Waals surface area contributed by atoms with E-state index in [1.54, 1.807) is 39.8 Å². The van der Waals surface area contributed by atoms with Crippen molar-refractivity contribution in [1.29, 1.82) is 0 Å². The van der Waals surface area contributed by atoms with Gasteiger partial charge in [-0.2, -0.15) is 13.2 Å². The third-order valence-corrected chi connectivity index (χ3v) is 7.89. The normalized spacial score (nSPS) is 19.2. The molecule has 0 aliphatic carbocycles. The molecule has 3 aliphatic heterocycles. The van der Waals surface area contributed by atoms with E-state index in [9.17, 15) is 22.8 Å². The van der Waals surface area contributed by atoms with Crippen LogP contribution in [-0.4, -0.2) is 58.7 Å². The highest BCUT2D eigenvalue weighted by molar-refractivity contribution is 8.00. The summed E-state index contributed by atoms with van der Waals surface area (Å²) in [6, 6.07) is 9.47. The summed E-state index contributed by atoms with van der Waals surface area (Å²) in [6.45, 7) is 1.63. The van der Waals surface area contributed by atoms with Crippen LogP contribution in [-0.2, 0) is 6.18 Å². The van der Waals surface area contributed by atoms with E-state index in [1.807, 2.05) is 0 Å². The van der Waals surface area contributed by atoms with Crippen molar-refractivity contribution < 1.29 is 32.2 Å². The van der Waals surface area contributed by atoms with E-state index < -0.39 is 16.6 Å². The van der Waals surface area contributed by atoms with Crippen molar-refractivity contribution in [3.05, 3.63) is 59.2 Å². The number of fused-ring (bicyclic) bond motifs is 1. The van der Waals surface area contributed by atoms with Gasteiger partial charge in [0, 0.05) is 36.5 Å². The molecule has 0 atom stereocenters. The molecule has 0 aromatic heterocycles. The van der Waals surface area contributed by atoms with Crippen LogP contribution in [0.15, 0.2) is 42.5 Å². The van der Waals surface area contributed by atoms with E-state index in [2.05, 4.69) is 0 Å². The molecule has 3 aliphatic rings. The standard InChI is InChI=1S/C23H21F3N2O4S/c24-23(25,26)17-4-1-15(2-5-17)21(30)28-11-12-33-22(28)7-9-27(10-8-22)20(29)16-3-6-18-19(13-16)32-14-31-18/h1-6,13H,7-12,14H2. The van der Waals surface area contributed by atoms with Crippen molar-refractivity contribution in [2.75, 3.05) is 32.2 Å². The topological polar surface area (TPSA) is 59.1 Å². The van der Waals surface area contributed by atoms with E-state index >= 15 is 0 Å². The SMILES string of the molecule is O=C(c1ccc2c(c1)OCO2)N1CCC2(CC1)SCCN2C(=O)c1ccc(C(F)(F)F)cc1. The third-order valence-electron chi connectivity index (χ3n) is 6.33. The largest absolute Gasteiger partial charge is 0.454 e. The Balaban J connectivity index is 1.27. The molecule has 0 unspecified atom stereocenters. The van der Waals surface area contributed by atoms with Crippen LogP contribution in [0.2, 0.25) is 0 Å². The molecule has 2 saturated heterocycles. The molecule has 2 amide bonds. The zero-order valence-electron chi connectivity index (χ0n) is 17.6. The maximum absolute atomic E-state index is 13.2. The molecule has 33 heavy (non-hydrogen) atoms. The molecule has 0 saturated carbocycles. The summed E-state index contributed by atoms with van der Waals surface area (Å²) >= 11 is 1.68. The first-order valence-corrected chi connectivity index (χ1v) is 11.6. The number of ether oxygens (including phenoxy) is 2. The van der Waals surface area contributed by atoms with Crippen LogP contribution >= 0.6 is 11.8 Å². The van der Waals surface area contributed by atoms with Crippen molar-refractivity contribution in [2.24, 2.45) is 0 Å². The van der Waals surface area contributed by atoms with Crippen LogP contribution < -0.4 is 9.47 Å². The van der Waals surface area contributed by atoms with Gasteiger partial charge in [-0.15, -0.1) is 11.8 Å². The number of rotatable bonds is 2. The lowest BCUT2D eigenvalue weighted by molar-refractivity contribution is -0.137. The number of carbonyl (C=O) groups excluding carboxylic acids is 2. The highest BCUT2D eigenvalue weighted by atomic mass is 32.2. The zero-order chi connectivity index (χ0) is 23.2. The maximum atomic E-state index is 13.2. The van der Waals surface area contributed by atoms with E-state index in [0.29, 0.717) is 49.5 Å². The fourth-order valence-electron chi connectivity index (χ4n) is 4.54. The first-order valence-electron chi connectivity index (χ1n) is 10.6. The summed E-state index contributed by atoms with van der Waals surface area (Å²) in [5, 5.41) is 0. The second-order valence-corrected chi connectivity index (χ2v) is 9.64. The second-order valence-electron chi connectivity index (χ2n) is 8.19. The van der Waals surface area contributed by atoms with Crippen LogP contribution in [0.4, 0.5) is 13.2 Å². The van der Waals surface area contributed by atoms with Gasteiger partial charge in [0.15, 0.2) is 11.5 Å². The van der Waals surface area contributed by atoms with Gasteiger partial charge in [0.05, 0.1) is 10.4 Å². The predicted octanol–water partition coefficient (Wildman–Crippen LogP) is 4.26. The number of piperidine rings is 1. The maximum Gasteiger partial charge on any atom is 0.416 e. The molecule has 3 heterocycles. The van der Waals surface area contributed by atoms with Gasteiger partial charge < -0.3 is 19.3 Å². The molecule has 0 N–H and O–H groups in total.